The lowest BCUT2D eigenvalue weighted by Crippen LogP contribution is -2.34. The van der Waals surface area contributed by atoms with Crippen LogP contribution in [0.1, 0.15) is 49.5 Å². The highest BCUT2D eigenvalue weighted by molar-refractivity contribution is 8.00. The molecule has 2 unspecified atom stereocenters. The number of hydrogen-bond donors (Lipinski definition) is 2. The molecule has 1 amide bonds. The number of carbonyl (C=O) groups is 2. The van der Waals surface area contributed by atoms with E-state index in [1.807, 2.05) is 17.5 Å². The average molecular weight is 520 g/mol. The number of thioether (sulfide) groups is 1. The van der Waals surface area contributed by atoms with E-state index in [-0.39, 0.29) is 17.2 Å². The first kappa shape index (κ1) is 24.3. The minimum Gasteiger partial charge on any atom is -0.479 e. The number of anilines is 1. The Balaban J connectivity index is 1.37. The molecule has 2 aromatic heterocycles. The summed E-state index contributed by atoms with van der Waals surface area (Å²) in [5.41, 5.74) is 3.76. The molecule has 1 aliphatic heterocycles. The Labute approximate surface area is 216 Å². The molecule has 4 aromatic rings. The highest BCUT2D eigenvalue weighted by atomic mass is 32.2. The second-order valence-corrected chi connectivity index (χ2v) is 11.2. The van der Waals surface area contributed by atoms with Crippen LogP contribution in [-0.4, -0.2) is 33.0 Å². The molecule has 2 atom stereocenters. The molecule has 0 bridgehead atoms. The quantitative estimate of drug-likeness (QED) is 0.188. The maximum atomic E-state index is 13.1. The number of nitrogens with zero attached hydrogens (tertiary/aromatic N) is 1. The number of thiophene rings is 1. The zero-order valence-corrected chi connectivity index (χ0v) is 21.9. The molecule has 0 spiro atoms. The molecule has 7 nitrogen and oxygen atoms in total. The highest BCUT2D eigenvalue weighted by Crippen LogP contribution is 2.34. The van der Waals surface area contributed by atoms with E-state index in [4.69, 9.17) is 4.74 Å². The van der Waals surface area contributed by atoms with Gasteiger partial charge in [0.25, 0.3) is 11.5 Å². The Morgan fingerprint density at radius 2 is 1.86 bits per heavy atom. The summed E-state index contributed by atoms with van der Waals surface area (Å²) in [7, 11) is 0. The number of benzene rings is 2. The molecule has 36 heavy (non-hydrogen) atoms. The van der Waals surface area contributed by atoms with Crippen LogP contribution in [0, 0.1) is 0 Å². The number of carbonyl (C=O) groups excluding carboxylic acids is 2. The summed E-state index contributed by atoms with van der Waals surface area (Å²) in [4.78, 5) is 46.2. The Hall–Kier alpha value is -3.43. The first-order valence-corrected chi connectivity index (χ1v) is 13.4. The number of aromatic nitrogens is 2. The van der Waals surface area contributed by atoms with Crippen molar-refractivity contribution in [2.75, 3.05) is 5.32 Å². The topological polar surface area (TPSA) is 101 Å². The van der Waals surface area contributed by atoms with Crippen molar-refractivity contribution in [2.45, 2.75) is 50.1 Å². The number of hydrogen-bond acceptors (Lipinski definition) is 7. The van der Waals surface area contributed by atoms with Crippen LogP contribution in [0.4, 0.5) is 5.69 Å². The van der Waals surface area contributed by atoms with Crippen LogP contribution in [0.25, 0.3) is 21.3 Å². The standard InChI is InChI=1S/C27H25N3O4S2/c1-13(2)16-5-7-17(8-6-16)19-12-35-26-22(19)25(33)29-27(30-26)36-15(4)23(31)18-9-10-21-20(11-18)28-24(32)14(3)34-21/h5-15H,1-4H3,(H,28,32)(H,29,30,33). The smallest absolute Gasteiger partial charge is 0.265 e. The van der Waals surface area contributed by atoms with Crippen LogP contribution in [-0.2, 0) is 4.79 Å². The fourth-order valence-corrected chi connectivity index (χ4v) is 5.94. The van der Waals surface area contributed by atoms with Crippen LogP contribution in [0.15, 0.2) is 57.8 Å². The third-order valence-corrected chi connectivity index (χ3v) is 8.02. The van der Waals surface area contributed by atoms with Gasteiger partial charge in [-0.2, -0.15) is 0 Å². The van der Waals surface area contributed by atoms with E-state index in [0.29, 0.717) is 38.3 Å². The SMILES string of the molecule is CC1Oc2ccc(C(=O)C(C)Sc3nc4scc(-c5ccc(C(C)C)cc5)c4c(=O)[nH]3)cc2NC1=O. The summed E-state index contributed by atoms with van der Waals surface area (Å²) >= 11 is 2.61. The largest absolute Gasteiger partial charge is 0.479 e. The van der Waals surface area contributed by atoms with Gasteiger partial charge in [-0.25, -0.2) is 4.98 Å². The molecule has 0 aliphatic carbocycles. The number of rotatable bonds is 6. The van der Waals surface area contributed by atoms with Crippen LogP contribution in [0.2, 0.25) is 0 Å². The van der Waals surface area contributed by atoms with Gasteiger partial charge >= 0.3 is 0 Å². The summed E-state index contributed by atoms with van der Waals surface area (Å²) in [5, 5.41) is 5.15. The maximum absolute atomic E-state index is 13.1. The Kier molecular flexibility index (Phi) is 6.44. The number of Topliss-reactive ketones (excluding diaryl/α,β-unsaturated/α-hetero) is 1. The molecule has 5 rings (SSSR count). The van der Waals surface area contributed by atoms with Gasteiger partial charge in [-0.15, -0.1) is 11.3 Å². The van der Waals surface area contributed by atoms with Gasteiger partial charge in [0, 0.05) is 16.5 Å². The molecule has 1 aliphatic rings. The lowest BCUT2D eigenvalue weighted by molar-refractivity contribution is -0.122. The summed E-state index contributed by atoms with van der Waals surface area (Å²) < 4.78 is 5.56. The minimum atomic E-state index is -0.580. The van der Waals surface area contributed by atoms with E-state index in [2.05, 4.69) is 41.3 Å². The van der Waals surface area contributed by atoms with E-state index in [9.17, 15) is 14.4 Å². The summed E-state index contributed by atoms with van der Waals surface area (Å²) in [5.74, 6) is 0.568. The van der Waals surface area contributed by atoms with Crippen molar-refractivity contribution in [1.82, 2.24) is 9.97 Å². The Bertz CT molecular complexity index is 1540. The molecule has 184 valence electrons. The predicted octanol–water partition coefficient (Wildman–Crippen LogP) is 5.86. The van der Waals surface area contributed by atoms with E-state index in [1.54, 1.807) is 32.0 Å². The van der Waals surface area contributed by atoms with Crippen LogP contribution in [0.3, 0.4) is 0 Å². The third kappa shape index (κ3) is 4.56. The lowest BCUT2D eigenvalue weighted by atomic mass is 9.99. The van der Waals surface area contributed by atoms with Crippen LogP contribution < -0.4 is 15.6 Å². The van der Waals surface area contributed by atoms with Crippen molar-refractivity contribution < 1.29 is 14.3 Å². The Morgan fingerprint density at radius 1 is 1.11 bits per heavy atom. The summed E-state index contributed by atoms with van der Waals surface area (Å²) in [6.45, 7) is 7.73. The van der Waals surface area contributed by atoms with Crippen LogP contribution >= 0.6 is 23.1 Å². The lowest BCUT2D eigenvalue weighted by Gasteiger charge is -2.23. The first-order valence-electron chi connectivity index (χ1n) is 11.7. The van der Waals surface area contributed by atoms with E-state index >= 15 is 0 Å². The van der Waals surface area contributed by atoms with Gasteiger partial charge in [-0.05, 0) is 49.1 Å². The van der Waals surface area contributed by atoms with Gasteiger partial charge in [-0.1, -0.05) is 49.9 Å². The van der Waals surface area contributed by atoms with E-state index < -0.39 is 11.4 Å². The molecule has 2 aromatic carbocycles. The van der Waals surface area contributed by atoms with Gasteiger partial charge in [0.1, 0.15) is 10.6 Å². The highest BCUT2D eigenvalue weighted by Gasteiger charge is 2.26. The van der Waals surface area contributed by atoms with Crippen LogP contribution in [0.5, 0.6) is 5.75 Å². The summed E-state index contributed by atoms with van der Waals surface area (Å²) in [6, 6.07) is 13.2. The number of fused-ring (bicyclic) bond motifs is 2. The van der Waals surface area contributed by atoms with E-state index in [0.717, 1.165) is 11.1 Å². The van der Waals surface area contributed by atoms with Gasteiger partial charge in [0.15, 0.2) is 17.0 Å². The molecule has 0 saturated carbocycles. The fraction of sp³-hybridized carbons (Fsp3) is 0.259. The molecule has 3 heterocycles. The second-order valence-electron chi connectivity index (χ2n) is 9.06. The molecular formula is C27H25N3O4S2. The van der Waals surface area contributed by atoms with Gasteiger partial charge in [0.2, 0.25) is 0 Å². The normalized spacial score (nSPS) is 15.9. The third-order valence-electron chi connectivity index (χ3n) is 6.16. The fourth-order valence-electron chi connectivity index (χ4n) is 4.06. The zero-order valence-electron chi connectivity index (χ0n) is 20.2. The minimum absolute atomic E-state index is 0.143. The Morgan fingerprint density at radius 3 is 2.58 bits per heavy atom. The number of nitrogens with one attached hydrogen (secondary N) is 2. The van der Waals surface area contributed by atoms with Crippen molar-refractivity contribution in [3.05, 3.63) is 69.3 Å². The van der Waals surface area contributed by atoms with Crippen molar-refractivity contribution >= 4 is 50.7 Å². The second kappa shape index (κ2) is 9.55. The first-order chi connectivity index (χ1) is 17.2. The number of ether oxygens (including phenoxy) is 1. The predicted molar refractivity (Wildman–Crippen MR) is 145 cm³/mol. The van der Waals surface area contributed by atoms with Crippen molar-refractivity contribution in [2.24, 2.45) is 0 Å². The van der Waals surface area contributed by atoms with Crippen molar-refractivity contribution in [1.29, 1.82) is 0 Å². The van der Waals surface area contributed by atoms with Crippen molar-refractivity contribution in [3.63, 3.8) is 0 Å². The average Bonchev–Trinajstić information content (AvgIpc) is 3.28. The number of aromatic amines is 1. The molecule has 9 heteroatoms. The molecule has 0 radical (unpaired) electrons. The molecule has 0 fully saturated rings. The van der Waals surface area contributed by atoms with Gasteiger partial charge in [0.05, 0.1) is 16.3 Å². The number of amides is 1. The van der Waals surface area contributed by atoms with Crippen molar-refractivity contribution in [3.8, 4) is 16.9 Å². The number of H-pyrrole nitrogens is 1. The number of ketones is 1. The molecule has 0 saturated heterocycles. The maximum Gasteiger partial charge on any atom is 0.265 e. The van der Waals surface area contributed by atoms with Gasteiger partial charge < -0.3 is 15.0 Å². The molecule has 2 N–H and O–H groups in total. The van der Waals surface area contributed by atoms with Gasteiger partial charge in [-0.3, -0.25) is 14.4 Å². The van der Waals surface area contributed by atoms with E-state index in [1.165, 1.54) is 28.7 Å². The molecular weight excluding hydrogens is 494 g/mol. The monoisotopic (exact) mass is 519 g/mol. The summed E-state index contributed by atoms with van der Waals surface area (Å²) in [6.07, 6.45) is -0.580. The zero-order chi connectivity index (χ0) is 25.6.